The van der Waals surface area contributed by atoms with E-state index < -0.39 is 11.9 Å². The van der Waals surface area contributed by atoms with Gasteiger partial charge in [0.2, 0.25) is 0 Å². The highest BCUT2D eigenvalue weighted by Gasteiger charge is 2.21. The third-order valence-electron chi connectivity index (χ3n) is 4.03. The molecule has 2 rings (SSSR count). The van der Waals surface area contributed by atoms with Crippen LogP contribution in [0.15, 0.2) is 42.5 Å². The first kappa shape index (κ1) is 18.6. The average molecular weight is 369 g/mol. The van der Waals surface area contributed by atoms with Crippen molar-refractivity contribution in [2.45, 2.75) is 25.9 Å². The molecular formula is C18H19Cl2FN2O. The largest absolute Gasteiger partial charge is 0.331 e. The van der Waals surface area contributed by atoms with E-state index in [1.54, 1.807) is 18.9 Å². The first-order valence-corrected chi connectivity index (χ1v) is 8.29. The van der Waals surface area contributed by atoms with Crippen molar-refractivity contribution in [1.82, 2.24) is 10.2 Å². The van der Waals surface area contributed by atoms with Crippen molar-refractivity contribution in [2.75, 3.05) is 7.05 Å². The Hall–Kier alpha value is -1.78. The van der Waals surface area contributed by atoms with E-state index >= 15 is 0 Å². The molecule has 2 aromatic rings. The Kier molecular flexibility index (Phi) is 6.08. The van der Waals surface area contributed by atoms with Crippen molar-refractivity contribution in [3.05, 3.63) is 69.5 Å². The van der Waals surface area contributed by atoms with E-state index in [1.807, 2.05) is 37.3 Å². The predicted octanol–water partition coefficient (Wildman–Crippen LogP) is 5.60. The van der Waals surface area contributed by atoms with Crippen molar-refractivity contribution in [1.29, 1.82) is 0 Å². The standard InChI is InChI=1S/C18H19Cl2FN2O/c1-11(14-9-17(21)16(20)10-15(14)19)22-18(24)23(3)12(2)13-7-5-4-6-8-13/h4-12H,1-3H3,(H,22,24). The molecule has 2 amide bonds. The number of benzene rings is 2. The summed E-state index contributed by atoms with van der Waals surface area (Å²) in [7, 11) is 1.71. The Morgan fingerprint density at radius 3 is 2.38 bits per heavy atom. The molecule has 0 spiro atoms. The number of urea groups is 1. The summed E-state index contributed by atoms with van der Waals surface area (Å²) in [5.41, 5.74) is 1.51. The molecule has 0 aliphatic carbocycles. The van der Waals surface area contributed by atoms with Gasteiger partial charge < -0.3 is 10.2 Å². The number of rotatable bonds is 4. The molecule has 1 N–H and O–H groups in total. The summed E-state index contributed by atoms with van der Waals surface area (Å²) >= 11 is 11.8. The van der Waals surface area contributed by atoms with Gasteiger partial charge in [-0.05, 0) is 37.1 Å². The number of carbonyl (C=O) groups is 1. The van der Waals surface area contributed by atoms with Crippen LogP contribution in [0.1, 0.15) is 37.1 Å². The van der Waals surface area contributed by atoms with Crippen molar-refractivity contribution in [3.63, 3.8) is 0 Å². The topological polar surface area (TPSA) is 32.3 Å². The lowest BCUT2D eigenvalue weighted by atomic mass is 10.1. The molecule has 0 aliphatic heterocycles. The van der Waals surface area contributed by atoms with Crippen molar-refractivity contribution >= 4 is 29.2 Å². The third kappa shape index (κ3) is 4.19. The Labute approximate surface area is 151 Å². The summed E-state index contributed by atoms with van der Waals surface area (Å²) in [5.74, 6) is -0.567. The minimum absolute atomic E-state index is 0.0444. The summed E-state index contributed by atoms with van der Waals surface area (Å²) in [4.78, 5) is 14.0. The maximum absolute atomic E-state index is 13.7. The fourth-order valence-corrected chi connectivity index (χ4v) is 2.91. The molecule has 128 valence electrons. The number of carbonyl (C=O) groups excluding carboxylic acids is 1. The molecule has 6 heteroatoms. The van der Waals surface area contributed by atoms with E-state index in [0.717, 1.165) is 5.56 Å². The summed E-state index contributed by atoms with van der Waals surface area (Å²) in [6.45, 7) is 3.68. The van der Waals surface area contributed by atoms with Gasteiger partial charge in [0.15, 0.2) is 0 Å². The Bertz CT molecular complexity index is 724. The Morgan fingerprint density at radius 1 is 1.12 bits per heavy atom. The number of hydrogen-bond acceptors (Lipinski definition) is 1. The number of amides is 2. The maximum atomic E-state index is 13.7. The van der Waals surface area contributed by atoms with Crippen LogP contribution in [-0.2, 0) is 0 Å². The highest BCUT2D eigenvalue weighted by Crippen LogP contribution is 2.29. The summed E-state index contributed by atoms with van der Waals surface area (Å²) < 4.78 is 13.7. The zero-order chi connectivity index (χ0) is 17.9. The van der Waals surface area contributed by atoms with E-state index in [0.29, 0.717) is 10.6 Å². The van der Waals surface area contributed by atoms with Crippen molar-refractivity contribution < 1.29 is 9.18 Å². The van der Waals surface area contributed by atoms with Crippen molar-refractivity contribution in [2.24, 2.45) is 0 Å². The third-order valence-corrected chi connectivity index (χ3v) is 4.65. The van der Waals surface area contributed by atoms with Gasteiger partial charge in [-0.25, -0.2) is 9.18 Å². The van der Waals surface area contributed by atoms with E-state index in [9.17, 15) is 9.18 Å². The predicted molar refractivity (Wildman–Crippen MR) is 96.0 cm³/mol. The van der Waals surface area contributed by atoms with Gasteiger partial charge in [-0.1, -0.05) is 53.5 Å². The minimum Gasteiger partial charge on any atom is -0.331 e. The monoisotopic (exact) mass is 368 g/mol. The van der Waals surface area contributed by atoms with Gasteiger partial charge in [-0.3, -0.25) is 0 Å². The lowest BCUT2D eigenvalue weighted by Crippen LogP contribution is -2.40. The summed E-state index contributed by atoms with van der Waals surface area (Å²) in [6.07, 6.45) is 0. The smallest absolute Gasteiger partial charge is 0.318 e. The zero-order valence-corrected chi connectivity index (χ0v) is 15.2. The van der Waals surface area contributed by atoms with Crippen LogP contribution in [0, 0.1) is 5.82 Å². The summed E-state index contributed by atoms with van der Waals surface area (Å²) in [6, 6.07) is 11.5. The van der Waals surface area contributed by atoms with E-state index in [4.69, 9.17) is 23.2 Å². The lowest BCUT2D eigenvalue weighted by Gasteiger charge is -2.27. The van der Waals surface area contributed by atoms with Gasteiger partial charge in [0.25, 0.3) is 0 Å². The quantitative estimate of drug-likeness (QED) is 0.700. The molecule has 0 aromatic heterocycles. The van der Waals surface area contributed by atoms with E-state index in [1.165, 1.54) is 12.1 Å². The molecule has 0 radical (unpaired) electrons. The molecule has 0 saturated heterocycles. The molecule has 0 bridgehead atoms. The highest BCUT2D eigenvalue weighted by molar-refractivity contribution is 6.35. The van der Waals surface area contributed by atoms with Crippen LogP contribution in [0.5, 0.6) is 0 Å². The molecular weight excluding hydrogens is 350 g/mol. The van der Waals surface area contributed by atoms with Gasteiger partial charge in [0, 0.05) is 12.1 Å². The van der Waals surface area contributed by atoms with Crippen LogP contribution in [0.25, 0.3) is 0 Å². The second-order valence-corrected chi connectivity index (χ2v) is 6.47. The van der Waals surface area contributed by atoms with Gasteiger partial charge in [0.1, 0.15) is 5.82 Å². The van der Waals surface area contributed by atoms with Crippen LogP contribution in [-0.4, -0.2) is 18.0 Å². The number of halogens is 3. The van der Waals surface area contributed by atoms with E-state index in [-0.39, 0.29) is 17.1 Å². The van der Waals surface area contributed by atoms with Gasteiger partial charge in [-0.15, -0.1) is 0 Å². The molecule has 2 atom stereocenters. The van der Waals surface area contributed by atoms with Crippen LogP contribution in [0.3, 0.4) is 0 Å². The molecule has 2 unspecified atom stereocenters. The number of hydrogen-bond donors (Lipinski definition) is 1. The molecule has 3 nitrogen and oxygen atoms in total. The van der Waals surface area contributed by atoms with Crippen LogP contribution in [0.4, 0.5) is 9.18 Å². The normalized spacial score (nSPS) is 13.2. The molecule has 0 saturated carbocycles. The first-order valence-electron chi connectivity index (χ1n) is 7.54. The lowest BCUT2D eigenvalue weighted by molar-refractivity contribution is 0.191. The second kappa shape index (κ2) is 7.86. The Morgan fingerprint density at radius 2 is 1.75 bits per heavy atom. The molecule has 0 fully saturated rings. The number of nitrogens with one attached hydrogen (secondary N) is 1. The Balaban J connectivity index is 2.10. The molecule has 24 heavy (non-hydrogen) atoms. The van der Waals surface area contributed by atoms with Crippen molar-refractivity contribution in [3.8, 4) is 0 Å². The average Bonchev–Trinajstić information content (AvgIpc) is 2.57. The van der Waals surface area contributed by atoms with Gasteiger partial charge >= 0.3 is 6.03 Å². The van der Waals surface area contributed by atoms with Crippen LogP contribution < -0.4 is 5.32 Å². The fraction of sp³-hybridized carbons (Fsp3) is 0.278. The SMILES string of the molecule is CC(NC(=O)N(C)C(C)c1ccccc1)c1cc(F)c(Cl)cc1Cl. The first-order chi connectivity index (χ1) is 11.3. The zero-order valence-electron chi connectivity index (χ0n) is 13.7. The fourth-order valence-electron chi connectivity index (χ4n) is 2.37. The summed E-state index contributed by atoms with van der Waals surface area (Å²) in [5, 5.41) is 3.10. The highest BCUT2D eigenvalue weighted by atomic mass is 35.5. The van der Waals surface area contributed by atoms with Gasteiger partial charge in [0.05, 0.1) is 17.1 Å². The molecule has 0 aliphatic rings. The number of nitrogens with zero attached hydrogens (tertiary/aromatic N) is 1. The van der Waals surface area contributed by atoms with E-state index in [2.05, 4.69) is 5.32 Å². The maximum Gasteiger partial charge on any atom is 0.318 e. The van der Waals surface area contributed by atoms with Crippen LogP contribution in [0.2, 0.25) is 10.0 Å². The molecule has 0 heterocycles. The van der Waals surface area contributed by atoms with Crippen LogP contribution >= 0.6 is 23.2 Å². The second-order valence-electron chi connectivity index (χ2n) is 5.66. The minimum atomic E-state index is -0.567. The van der Waals surface area contributed by atoms with Gasteiger partial charge in [-0.2, -0.15) is 0 Å². The molecule has 2 aromatic carbocycles.